The van der Waals surface area contributed by atoms with Gasteiger partial charge in [0.05, 0.1) is 27.8 Å². The number of benzene rings is 7. The van der Waals surface area contributed by atoms with Crippen molar-refractivity contribution >= 4 is 75.9 Å². The van der Waals surface area contributed by atoms with Crippen molar-refractivity contribution in [3.05, 3.63) is 151 Å². The van der Waals surface area contributed by atoms with E-state index in [1.165, 1.54) is 54.2 Å². The Morgan fingerprint density at radius 3 is 1.53 bits per heavy atom. The van der Waals surface area contributed by atoms with Crippen molar-refractivity contribution in [1.29, 1.82) is 0 Å². The standard InChI is InChI=1S/C44H27N3/c1-26-10-11-29-12-13-30-20-23-39(46-42(30)41(29)45-26)33-16-14-32-25-34(17-15-31(32)24-33)40-37-21-18-27-6-2-4-8-35(27)43(37)47-44-36-9-5-3-7-28(36)19-22-38(40)44/h2-25H,1H3. The molecule has 3 nitrogen and oxygen atoms in total. The predicted octanol–water partition coefficient (Wildman–Crippen LogP) is 11.6. The molecule has 3 heteroatoms. The van der Waals surface area contributed by atoms with Crippen LogP contribution in [-0.2, 0) is 0 Å². The molecule has 0 saturated carbocycles. The average Bonchev–Trinajstić information content (AvgIpc) is 3.13. The van der Waals surface area contributed by atoms with Crippen LogP contribution in [-0.4, -0.2) is 15.0 Å². The molecule has 10 rings (SSSR count). The minimum atomic E-state index is 0.940. The first-order valence-corrected chi connectivity index (χ1v) is 16.0. The maximum atomic E-state index is 5.36. The van der Waals surface area contributed by atoms with Crippen LogP contribution >= 0.6 is 0 Å². The van der Waals surface area contributed by atoms with E-state index >= 15 is 0 Å². The second-order valence-electron chi connectivity index (χ2n) is 12.5. The van der Waals surface area contributed by atoms with E-state index < -0.39 is 0 Å². The van der Waals surface area contributed by atoms with E-state index in [4.69, 9.17) is 15.0 Å². The van der Waals surface area contributed by atoms with Gasteiger partial charge in [0.1, 0.15) is 0 Å². The van der Waals surface area contributed by atoms with E-state index in [0.29, 0.717) is 0 Å². The molecule has 47 heavy (non-hydrogen) atoms. The Bertz CT molecular complexity index is 2830. The number of aryl methyl sites for hydroxylation is 1. The monoisotopic (exact) mass is 597 g/mol. The molecule has 0 aliphatic heterocycles. The van der Waals surface area contributed by atoms with E-state index in [0.717, 1.165) is 49.8 Å². The molecule has 218 valence electrons. The molecule has 0 radical (unpaired) electrons. The predicted molar refractivity (Wildman–Crippen MR) is 198 cm³/mol. The summed E-state index contributed by atoms with van der Waals surface area (Å²) in [5.74, 6) is 0. The van der Waals surface area contributed by atoms with Crippen LogP contribution < -0.4 is 0 Å². The van der Waals surface area contributed by atoms with Crippen molar-refractivity contribution in [2.45, 2.75) is 6.92 Å². The minimum absolute atomic E-state index is 0.940. The molecule has 0 spiro atoms. The van der Waals surface area contributed by atoms with Gasteiger partial charge in [0, 0.05) is 49.1 Å². The zero-order valence-corrected chi connectivity index (χ0v) is 25.7. The van der Waals surface area contributed by atoms with Crippen molar-refractivity contribution in [2.75, 3.05) is 0 Å². The lowest BCUT2D eigenvalue weighted by atomic mass is 9.91. The van der Waals surface area contributed by atoms with E-state index in [1.54, 1.807) is 0 Å². The van der Waals surface area contributed by atoms with Crippen molar-refractivity contribution in [1.82, 2.24) is 15.0 Å². The summed E-state index contributed by atoms with van der Waals surface area (Å²) in [4.78, 5) is 15.3. The molecule has 0 N–H and O–H groups in total. The number of aromatic nitrogens is 3. The first-order valence-electron chi connectivity index (χ1n) is 16.0. The Kier molecular flexibility index (Phi) is 5.49. The molecule has 0 unspecified atom stereocenters. The zero-order chi connectivity index (χ0) is 31.1. The van der Waals surface area contributed by atoms with Gasteiger partial charge in [0.25, 0.3) is 0 Å². The molecule has 0 amide bonds. The lowest BCUT2D eigenvalue weighted by Crippen LogP contribution is -1.92. The summed E-state index contributed by atoms with van der Waals surface area (Å²) in [6.45, 7) is 2.03. The molecule has 0 bridgehead atoms. The van der Waals surface area contributed by atoms with Crippen LogP contribution in [0.15, 0.2) is 146 Å². The fourth-order valence-corrected chi connectivity index (χ4v) is 7.31. The molecule has 0 fully saturated rings. The lowest BCUT2D eigenvalue weighted by molar-refractivity contribution is 1.25. The highest BCUT2D eigenvalue weighted by molar-refractivity contribution is 6.21. The van der Waals surface area contributed by atoms with Crippen LogP contribution in [0.3, 0.4) is 0 Å². The number of nitrogens with zero attached hydrogens (tertiary/aromatic N) is 3. The summed E-state index contributed by atoms with van der Waals surface area (Å²) in [6, 6.07) is 52.2. The van der Waals surface area contributed by atoms with E-state index in [-0.39, 0.29) is 0 Å². The van der Waals surface area contributed by atoms with Crippen LogP contribution in [0.4, 0.5) is 0 Å². The summed E-state index contributed by atoms with van der Waals surface area (Å²) < 4.78 is 0. The fraction of sp³-hybridized carbons (Fsp3) is 0.0227. The molecule has 0 aliphatic carbocycles. The van der Waals surface area contributed by atoms with E-state index in [9.17, 15) is 0 Å². The first kappa shape index (κ1) is 26.1. The maximum Gasteiger partial charge on any atom is 0.0972 e. The normalized spacial score (nSPS) is 11.9. The summed E-state index contributed by atoms with van der Waals surface area (Å²) in [5, 5.41) is 11.7. The summed E-state index contributed by atoms with van der Waals surface area (Å²) in [7, 11) is 0. The first-order chi connectivity index (χ1) is 23.2. The van der Waals surface area contributed by atoms with Gasteiger partial charge >= 0.3 is 0 Å². The van der Waals surface area contributed by atoms with E-state index in [2.05, 4.69) is 146 Å². The summed E-state index contributed by atoms with van der Waals surface area (Å²) in [5.41, 5.74) is 9.41. The van der Waals surface area contributed by atoms with Crippen LogP contribution in [0.1, 0.15) is 5.69 Å². The zero-order valence-electron chi connectivity index (χ0n) is 25.7. The molecule has 0 atom stereocenters. The molecule has 3 heterocycles. The SMILES string of the molecule is Cc1ccc2ccc3ccc(-c4ccc5cc(-c6c7ccc8ccccc8c7nc7c6ccc6ccccc67)ccc5c4)nc3c2n1. The van der Waals surface area contributed by atoms with Crippen molar-refractivity contribution in [3.63, 3.8) is 0 Å². The highest BCUT2D eigenvalue weighted by atomic mass is 14.8. The van der Waals surface area contributed by atoms with Gasteiger partial charge in [-0.2, -0.15) is 0 Å². The molecule has 0 aliphatic rings. The number of fused-ring (bicyclic) bond motifs is 10. The topological polar surface area (TPSA) is 38.7 Å². The molecule has 0 saturated heterocycles. The van der Waals surface area contributed by atoms with Crippen molar-refractivity contribution < 1.29 is 0 Å². The lowest BCUT2D eigenvalue weighted by Gasteiger charge is -2.15. The highest BCUT2D eigenvalue weighted by Crippen LogP contribution is 2.41. The van der Waals surface area contributed by atoms with Crippen molar-refractivity contribution in [2.24, 2.45) is 0 Å². The highest BCUT2D eigenvalue weighted by Gasteiger charge is 2.16. The number of rotatable bonds is 2. The Morgan fingerprint density at radius 1 is 0.340 bits per heavy atom. The molecule has 7 aromatic carbocycles. The molecule has 3 aromatic heterocycles. The van der Waals surface area contributed by atoms with Gasteiger partial charge in [0.2, 0.25) is 0 Å². The third-order valence-corrected chi connectivity index (χ3v) is 9.65. The van der Waals surface area contributed by atoms with Gasteiger partial charge in [-0.05, 0) is 58.3 Å². The van der Waals surface area contributed by atoms with Gasteiger partial charge in [0.15, 0.2) is 0 Å². The van der Waals surface area contributed by atoms with Gasteiger partial charge < -0.3 is 0 Å². The van der Waals surface area contributed by atoms with E-state index in [1.807, 2.05) is 6.92 Å². The van der Waals surface area contributed by atoms with Gasteiger partial charge in [-0.3, -0.25) is 4.98 Å². The quantitative estimate of drug-likeness (QED) is 0.147. The Hall–Kier alpha value is -6.19. The Morgan fingerprint density at radius 2 is 0.851 bits per heavy atom. The number of hydrogen-bond donors (Lipinski definition) is 0. The Balaban J connectivity index is 1.17. The fourth-order valence-electron chi connectivity index (χ4n) is 7.31. The third-order valence-electron chi connectivity index (χ3n) is 9.65. The van der Waals surface area contributed by atoms with Crippen LogP contribution in [0.5, 0.6) is 0 Å². The van der Waals surface area contributed by atoms with Crippen LogP contribution in [0.2, 0.25) is 0 Å². The average molecular weight is 598 g/mol. The molecular formula is C44H27N3. The molecular weight excluding hydrogens is 571 g/mol. The second kappa shape index (κ2) is 9.90. The molecule has 10 aromatic rings. The van der Waals surface area contributed by atoms with Gasteiger partial charge in [-0.1, -0.05) is 121 Å². The van der Waals surface area contributed by atoms with Crippen molar-refractivity contribution in [3.8, 4) is 22.4 Å². The minimum Gasteiger partial charge on any atom is -0.251 e. The second-order valence-corrected chi connectivity index (χ2v) is 12.5. The van der Waals surface area contributed by atoms with Gasteiger partial charge in [-0.15, -0.1) is 0 Å². The Labute approximate surface area is 270 Å². The maximum absolute atomic E-state index is 5.36. The smallest absolute Gasteiger partial charge is 0.0972 e. The third kappa shape index (κ3) is 4.03. The van der Waals surface area contributed by atoms with Crippen LogP contribution in [0, 0.1) is 6.92 Å². The number of pyridine rings is 3. The summed E-state index contributed by atoms with van der Waals surface area (Å²) >= 11 is 0. The van der Waals surface area contributed by atoms with Crippen LogP contribution in [0.25, 0.3) is 98.3 Å². The number of hydrogen-bond acceptors (Lipinski definition) is 3. The van der Waals surface area contributed by atoms with Gasteiger partial charge in [-0.25, -0.2) is 9.97 Å². The summed E-state index contributed by atoms with van der Waals surface area (Å²) in [6.07, 6.45) is 0. The largest absolute Gasteiger partial charge is 0.251 e.